The first-order chi connectivity index (χ1) is 12.2. The molecule has 0 aliphatic rings. The number of halogens is 1. The van der Waals surface area contributed by atoms with Crippen molar-refractivity contribution in [3.8, 4) is 5.75 Å². The predicted octanol–water partition coefficient (Wildman–Crippen LogP) is 2.43. The molecular weight excluding hydrogens is 321 g/mol. The Labute approximate surface area is 148 Å². The Morgan fingerprint density at radius 3 is 2.80 bits per heavy atom. The van der Waals surface area contributed by atoms with Crippen molar-refractivity contribution in [3.05, 3.63) is 48.8 Å². The van der Waals surface area contributed by atoms with Crippen LogP contribution in [-0.2, 0) is 6.54 Å². The quantitative estimate of drug-likeness (QED) is 0.415. The molecule has 0 aliphatic carbocycles. The van der Waals surface area contributed by atoms with E-state index in [2.05, 4.69) is 20.6 Å². The third-order valence-corrected chi connectivity index (χ3v) is 3.45. The van der Waals surface area contributed by atoms with Crippen molar-refractivity contribution >= 4 is 5.96 Å². The van der Waals surface area contributed by atoms with E-state index in [1.165, 1.54) is 12.1 Å². The van der Waals surface area contributed by atoms with Gasteiger partial charge in [-0.3, -0.25) is 0 Å². The van der Waals surface area contributed by atoms with Gasteiger partial charge in [0.25, 0.3) is 0 Å². The first-order valence-electron chi connectivity index (χ1n) is 8.57. The first-order valence-corrected chi connectivity index (χ1v) is 8.57. The van der Waals surface area contributed by atoms with Crippen LogP contribution in [0.15, 0.2) is 48.0 Å². The molecule has 1 aromatic heterocycles. The lowest BCUT2D eigenvalue weighted by Gasteiger charge is -2.15. The number of guanidine groups is 1. The van der Waals surface area contributed by atoms with Gasteiger partial charge in [0, 0.05) is 32.0 Å². The number of aryl methyl sites for hydroxylation is 1. The third kappa shape index (κ3) is 7.24. The first kappa shape index (κ1) is 18.8. The van der Waals surface area contributed by atoms with E-state index >= 15 is 0 Å². The molecule has 1 atom stereocenters. The summed E-state index contributed by atoms with van der Waals surface area (Å²) in [4.78, 5) is 8.56. The largest absolute Gasteiger partial charge is 0.489 e. The van der Waals surface area contributed by atoms with Gasteiger partial charge in [-0.2, -0.15) is 0 Å². The number of hydrogen-bond donors (Lipinski definition) is 2. The molecule has 7 heteroatoms. The van der Waals surface area contributed by atoms with Crippen LogP contribution in [-0.4, -0.2) is 41.2 Å². The molecule has 0 bridgehead atoms. The molecule has 6 nitrogen and oxygen atoms in total. The van der Waals surface area contributed by atoms with Gasteiger partial charge in [-0.05, 0) is 44.5 Å². The van der Waals surface area contributed by atoms with E-state index in [1.807, 2.05) is 30.9 Å². The summed E-state index contributed by atoms with van der Waals surface area (Å²) < 4.78 is 20.7. The standard InChI is InChI=1S/C18H26FN5O/c1-3-21-18(22-9-4-11-24-12-10-20-14-24)23-13-15(2)25-17-7-5-16(19)6-8-17/h5-8,10,12,14-15H,3-4,9,11,13H2,1-2H3,(H2,21,22,23). The van der Waals surface area contributed by atoms with Gasteiger partial charge in [0.15, 0.2) is 5.96 Å². The van der Waals surface area contributed by atoms with Crippen LogP contribution in [0.1, 0.15) is 20.3 Å². The lowest BCUT2D eigenvalue weighted by Crippen LogP contribution is -2.38. The lowest BCUT2D eigenvalue weighted by atomic mass is 10.3. The van der Waals surface area contributed by atoms with Crippen LogP contribution in [0.25, 0.3) is 0 Å². The summed E-state index contributed by atoms with van der Waals surface area (Å²) in [6, 6.07) is 6.01. The number of nitrogens with zero attached hydrogens (tertiary/aromatic N) is 3. The molecule has 0 saturated heterocycles. The average Bonchev–Trinajstić information content (AvgIpc) is 3.12. The fraction of sp³-hybridized carbons (Fsp3) is 0.444. The topological polar surface area (TPSA) is 63.5 Å². The maximum atomic E-state index is 12.9. The zero-order valence-corrected chi connectivity index (χ0v) is 14.8. The summed E-state index contributed by atoms with van der Waals surface area (Å²) in [6.45, 7) is 7.00. The molecule has 2 aromatic rings. The van der Waals surface area contributed by atoms with E-state index in [-0.39, 0.29) is 11.9 Å². The van der Waals surface area contributed by atoms with Gasteiger partial charge in [0.1, 0.15) is 17.7 Å². The van der Waals surface area contributed by atoms with Crippen molar-refractivity contribution in [2.24, 2.45) is 4.99 Å². The molecule has 25 heavy (non-hydrogen) atoms. The van der Waals surface area contributed by atoms with Gasteiger partial charge in [-0.1, -0.05) is 0 Å². The van der Waals surface area contributed by atoms with Crippen LogP contribution >= 0.6 is 0 Å². The normalized spacial score (nSPS) is 12.7. The van der Waals surface area contributed by atoms with Crippen LogP contribution in [0.3, 0.4) is 0 Å². The van der Waals surface area contributed by atoms with Crippen molar-refractivity contribution in [1.82, 2.24) is 20.2 Å². The summed E-state index contributed by atoms with van der Waals surface area (Å²) in [5.41, 5.74) is 0. The minimum atomic E-state index is -0.271. The zero-order valence-electron chi connectivity index (χ0n) is 14.8. The molecule has 0 radical (unpaired) electrons. The molecule has 0 fully saturated rings. The zero-order chi connectivity index (χ0) is 17.9. The molecule has 1 unspecified atom stereocenters. The van der Waals surface area contributed by atoms with Crippen molar-refractivity contribution in [2.75, 3.05) is 19.6 Å². The second kappa shape index (κ2) is 10.3. The highest BCUT2D eigenvalue weighted by Gasteiger charge is 2.05. The van der Waals surface area contributed by atoms with Crippen molar-refractivity contribution in [3.63, 3.8) is 0 Å². The van der Waals surface area contributed by atoms with Gasteiger partial charge >= 0.3 is 0 Å². The van der Waals surface area contributed by atoms with Crippen LogP contribution in [0.4, 0.5) is 4.39 Å². The lowest BCUT2D eigenvalue weighted by molar-refractivity contribution is 0.230. The Morgan fingerprint density at radius 1 is 1.32 bits per heavy atom. The smallest absolute Gasteiger partial charge is 0.191 e. The van der Waals surface area contributed by atoms with E-state index in [0.717, 1.165) is 32.0 Å². The number of rotatable bonds is 9. The van der Waals surface area contributed by atoms with Crippen molar-refractivity contribution in [1.29, 1.82) is 0 Å². The van der Waals surface area contributed by atoms with Gasteiger partial charge in [-0.25, -0.2) is 14.4 Å². The summed E-state index contributed by atoms with van der Waals surface area (Å²) in [6.07, 6.45) is 6.41. The van der Waals surface area contributed by atoms with Crippen LogP contribution in [0, 0.1) is 5.82 Å². The Bertz CT molecular complexity index is 627. The summed E-state index contributed by atoms with van der Waals surface area (Å²) in [7, 11) is 0. The molecule has 1 heterocycles. The Hall–Kier alpha value is -2.57. The second-order valence-electron chi connectivity index (χ2n) is 5.68. The van der Waals surface area contributed by atoms with Gasteiger partial charge in [0.2, 0.25) is 0 Å². The van der Waals surface area contributed by atoms with Gasteiger partial charge < -0.3 is 19.9 Å². The van der Waals surface area contributed by atoms with Crippen molar-refractivity contribution in [2.45, 2.75) is 32.9 Å². The molecule has 1 aromatic carbocycles. The monoisotopic (exact) mass is 347 g/mol. The fourth-order valence-electron chi connectivity index (χ4n) is 2.23. The molecule has 0 saturated carbocycles. The Balaban J connectivity index is 1.74. The summed E-state index contributed by atoms with van der Waals surface area (Å²) >= 11 is 0. The third-order valence-electron chi connectivity index (χ3n) is 3.45. The van der Waals surface area contributed by atoms with E-state index in [0.29, 0.717) is 12.3 Å². The molecule has 0 amide bonds. The SMILES string of the molecule is CCNC(=NCC(C)Oc1ccc(F)cc1)NCCCn1ccnc1. The van der Waals surface area contributed by atoms with Crippen LogP contribution < -0.4 is 15.4 Å². The highest BCUT2D eigenvalue weighted by Crippen LogP contribution is 2.12. The summed E-state index contributed by atoms with van der Waals surface area (Å²) in [5, 5.41) is 6.53. The number of aliphatic imine (C=N–C) groups is 1. The van der Waals surface area contributed by atoms with E-state index in [9.17, 15) is 4.39 Å². The maximum Gasteiger partial charge on any atom is 0.191 e. The van der Waals surface area contributed by atoms with E-state index in [4.69, 9.17) is 4.74 Å². The predicted molar refractivity (Wildman–Crippen MR) is 97.3 cm³/mol. The Morgan fingerprint density at radius 2 is 2.12 bits per heavy atom. The highest BCUT2D eigenvalue weighted by molar-refractivity contribution is 5.79. The molecule has 0 aliphatic heterocycles. The van der Waals surface area contributed by atoms with Gasteiger partial charge in [-0.15, -0.1) is 0 Å². The molecule has 2 rings (SSSR count). The average molecular weight is 347 g/mol. The van der Waals surface area contributed by atoms with Crippen molar-refractivity contribution < 1.29 is 9.13 Å². The summed E-state index contributed by atoms with van der Waals surface area (Å²) in [5.74, 6) is 1.14. The molecule has 0 spiro atoms. The fourth-order valence-corrected chi connectivity index (χ4v) is 2.23. The second-order valence-corrected chi connectivity index (χ2v) is 5.68. The van der Waals surface area contributed by atoms with E-state index < -0.39 is 0 Å². The minimum absolute atomic E-state index is 0.105. The highest BCUT2D eigenvalue weighted by atomic mass is 19.1. The Kier molecular flexibility index (Phi) is 7.75. The number of ether oxygens (including phenoxy) is 1. The van der Waals surface area contributed by atoms with Gasteiger partial charge in [0.05, 0.1) is 12.9 Å². The number of benzene rings is 1. The van der Waals surface area contributed by atoms with Crippen LogP contribution in [0.5, 0.6) is 5.75 Å². The maximum absolute atomic E-state index is 12.9. The number of nitrogens with one attached hydrogen (secondary N) is 2. The minimum Gasteiger partial charge on any atom is -0.489 e. The molecular formula is C18H26FN5O. The number of aromatic nitrogens is 2. The number of hydrogen-bond acceptors (Lipinski definition) is 3. The molecule has 2 N–H and O–H groups in total. The van der Waals surface area contributed by atoms with E-state index in [1.54, 1.807) is 18.3 Å². The molecule has 136 valence electrons. The van der Waals surface area contributed by atoms with Crippen LogP contribution in [0.2, 0.25) is 0 Å². The number of imidazole rings is 1.